The molecule has 4 N–H and O–H groups in total. The third-order valence-electron chi connectivity index (χ3n) is 10.0. The number of hydrogen-bond acceptors (Lipinski definition) is 10. The highest BCUT2D eigenvalue weighted by Crippen LogP contribution is 2.45. The Kier molecular flexibility index (Phi) is 29.1. The molecule has 2 bridgehead atoms. The third kappa shape index (κ3) is 24.7. The maximum Gasteiger partial charge on any atom is 0.472 e. The number of aliphatic hydroxyl groups excluding tert-OH is 1. The summed E-state index contributed by atoms with van der Waals surface area (Å²) in [5.74, 6) is 0.0275. The summed E-state index contributed by atoms with van der Waals surface area (Å²) in [5, 5.41) is 10.3. The van der Waals surface area contributed by atoms with E-state index in [1.54, 1.807) is 0 Å². The molecule has 7 unspecified atom stereocenters. The lowest BCUT2D eigenvalue weighted by Gasteiger charge is -2.27. The zero-order valence-electron chi connectivity index (χ0n) is 34.2. The minimum absolute atomic E-state index is 0.00707. The Labute approximate surface area is 333 Å². The molecule has 2 aliphatic rings. The predicted molar refractivity (Wildman–Crippen MR) is 219 cm³/mol. The number of carbonyl (C=O) groups excluding carboxylic acids is 1. The van der Waals surface area contributed by atoms with Crippen LogP contribution in [-0.4, -0.2) is 73.4 Å². The second kappa shape index (κ2) is 32.3. The molecule has 318 valence electrons. The van der Waals surface area contributed by atoms with Crippen LogP contribution >= 0.6 is 7.82 Å². The van der Waals surface area contributed by atoms with E-state index in [-0.39, 0.29) is 56.8 Å². The van der Waals surface area contributed by atoms with E-state index in [4.69, 9.17) is 34.0 Å². The molecule has 0 aromatic rings. The number of phosphoric acid groups is 1. The van der Waals surface area contributed by atoms with E-state index in [1.807, 2.05) is 12.2 Å². The molecule has 1 heterocycles. The second-order valence-corrected chi connectivity index (χ2v) is 16.4. The van der Waals surface area contributed by atoms with E-state index in [0.717, 1.165) is 44.9 Å². The lowest BCUT2D eigenvalue weighted by Crippen LogP contribution is -2.29. The first-order valence-corrected chi connectivity index (χ1v) is 23.0. The van der Waals surface area contributed by atoms with Crippen molar-refractivity contribution in [2.45, 2.75) is 173 Å². The van der Waals surface area contributed by atoms with Gasteiger partial charge in [-0.15, -0.1) is 0 Å². The van der Waals surface area contributed by atoms with Crippen molar-refractivity contribution in [3.05, 3.63) is 48.6 Å². The lowest BCUT2D eigenvalue weighted by molar-refractivity contribution is -0.336. The molecule has 7 atom stereocenters. The first kappa shape index (κ1) is 49.5. The van der Waals surface area contributed by atoms with Crippen LogP contribution in [0.15, 0.2) is 48.6 Å². The van der Waals surface area contributed by atoms with Crippen LogP contribution in [0.2, 0.25) is 0 Å². The molecule has 2 fully saturated rings. The van der Waals surface area contributed by atoms with E-state index in [1.165, 1.54) is 64.2 Å². The number of phosphoric ester groups is 1. The fraction of sp³-hybridized carbons (Fsp3) is 0.791. The van der Waals surface area contributed by atoms with Crippen LogP contribution in [0.25, 0.3) is 0 Å². The van der Waals surface area contributed by atoms with E-state index in [9.17, 15) is 19.4 Å². The maximum atomic E-state index is 12.7. The Balaban J connectivity index is 1.64. The van der Waals surface area contributed by atoms with Gasteiger partial charge in [0.25, 0.3) is 0 Å². The molecule has 0 amide bonds. The van der Waals surface area contributed by atoms with Gasteiger partial charge < -0.3 is 25.2 Å². The van der Waals surface area contributed by atoms with Crippen LogP contribution in [-0.2, 0) is 37.7 Å². The largest absolute Gasteiger partial charge is 0.472 e. The van der Waals surface area contributed by atoms with E-state index < -0.39 is 26.0 Å². The van der Waals surface area contributed by atoms with Crippen molar-refractivity contribution in [2.75, 3.05) is 33.0 Å². The smallest absolute Gasteiger partial charge is 0.457 e. The minimum Gasteiger partial charge on any atom is -0.457 e. The predicted octanol–water partition coefficient (Wildman–Crippen LogP) is 9.77. The van der Waals surface area contributed by atoms with E-state index in [0.29, 0.717) is 25.9 Å². The zero-order valence-corrected chi connectivity index (χ0v) is 35.0. The molecule has 11 nitrogen and oxygen atoms in total. The zero-order chi connectivity index (χ0) is 39.8. The van der Waals surface area contributed by atoms with Gasteiger partial charge in [-0.25, -0.2) is 14.3 Å². The monoisotopic (exact) mass is 798 g/mol. The highest BCUT2D eigenvalue weighted by atomic mass is 31.2. The SMILES string of the molecule is CC/C=C\CC(O)/C=C/C1C2CC(OO2)C1C/C=C\CCCC(=O)OC(COCCCCCCCC/C=C\CCCCCCCC)COP(=O)(O)OCCN. The van der Waals surface area contributed by atoms with Crippen LogP contribution in [0.4, 0.5) is 0 Å². The topological polar surface area (TPSA) is 156 Å². The number of esters is 1. The summed E-state index contributed by atoms with van der Waals surface area (Å²) >= 11 is 0. The Bertz CT molecular complexity index is 1130. The van der Waals surface area contributed by atoms with Crippen LogP contribution in [0.1, 0.15) is 149 Å². The highest BCUT2D eigenvalue weighted by molar-refractivity contribution is 7.47. The molecule has 0 spiro atoms. The van der Waals surface area contributed by atoms with Gasteiger partial charge in [0.15, 0.2) is 0 Å². The van der Waals surface area contributed by atoms with Gasteiger partial charge in [-0.3, -0.25) is 13.8 Å². The molecule has 0 radical (unpaired) electrons. The fourth-order valence-electron chi connectivity index (χ4n) is 6.90. The number of rotatable bonds is 36. The summed E-state index contributed by atoms with van der Waals surface area (Å²) in [4.78, 5) is 33.6. The second-order valence-electron chi connectivity index (χ2n) is 14.9. The summed E-state index contributed by atoms with van der Waals surface area (Å²) in [5.41, 5.74) is 5.37. The summed E-state index contributed by atoms with van der Waals surface area (Å²) in [6, 6.07) is 0. The van der Waals surface area contributed by atoms with Crippen LogP contribution < -0.4 is 5.73 Å². The van der Waals surface area contributed by atoms with Crippen molar-refractivity contribution in [3.63, 3.8) is 0 Å². The van der Waals surface area contributed by atoms with Crippen molar-refractivity contribution >= 4 is 13.8 Å². The number of nitrogens with two attached hydrogens (primary N) is 1. The molecule has 55 heavy (non-hydrogen) atoms. The van der Waals surface area contributed by atoms with Crippen LogP contribution in [0.5, 0.6) is 0 Å². The minimum atomic E-state index is -4.33. The van der Waals surface area contributed by atoms with Gasteiger partial charge in [-0.2, -0.15) is 0 Å². The number of allylic oxidation sites excluding steroid dienone is 5. The lowest BCUT2D eigenvalue weighted by atomic mass is 9.89. The van der Waals surface area contributed by atoms with Crippen molar-refractivity contribution in [3.8, 4) is 0 Å². The Morgan fingerprint density at radius 3 is 2.16 bits per heavy atom. The number of carbonyl (C=O) groups is 1. The van der Waals surface area contributed by atoms with Crippen LogP contribution in [0, 0.1) is 11.8 Å². The molecule has 1 aliphatic heterocycles. The summed E-state index contributed by atoms with van der Waals surface area (Å²) in [6.07, 6.45) is 37.5. The molecular weight excluding hydrogens is 721 g/mol. The Morgan fingerprint density at radius 2 is 1.45 bits per heavy atom. The van der Waals surface area contributed by atoms with Crippen molar-refractivity contribution in [1.29, 1.82) is 0 Å². The highest BCUT2D eigenvalue weighted by Gasteiger charge is 2.49. The fourth-order valence-corrected chi connectivity index (χ4v) is 7.67. The van der Waals surface area contributed by atoms with Gasteiger partial charge in [0, 0.05) is 37.8 Å². The molecule has 1 saturated heterocycles. The first-order chi connectivity index (χ1) is 26.8. The normalized spacial score (nSPS) is 22.1. The Morgan fingerprint density at radius 1 is 0.800 bits per heavy atom. The van der Waals surface area contributed by atoms with E-state index >= 15 is 0 Å². The summed E-state index contributed by atoms with van der Waals surface area (Å²) in [6.45, 7) is 4.52. The maximum absolute atomic E-state index is 12.7. The standard InChI is InChI=1S/C43H76NO10P/c1-3-5-7-8-9-10-11-12-13-14-15-16-17-18-21-25-32-49-35-38(36-51-55(47,48)50-33-31-44)52-43(46)28-24-20-19-23-27-39-40(42-34-41(39)53-54-42)30-29-37(45)26-22-6-4-2/h6,12-13,19,22-23,29-30,37-42,45H,3-5,7-11,14-18,20-21,24-28,31-36,44H2,1-2H3,(H,47,48)/b13-12-,22-6-,23-19-,30-29+. The first-order valence-electron chi connectivity index (χ1n) is 21.5. The van der Waals surface area contributed by atoms with Crippen molar-refractivity contribution in [1.82, 2.24) is 0 Å². The van der Waals surface area contributed by atoms with Gasteiger partial charge in [0.2, 0.25) is 0 Å². The van der Waals surface area contributed by atoms with Gasteiger partial charge in [-0.05, 0) is 64.2 Å². The van der Waals surface area contributed by atoms with Gasteiger partial charge in [0.1, 0.15) is 12.2 Å². The number of unbranched alkanes of at least 4 members (excludes halogenated alkanes) is 13. The summed E-state index contributed by atoms with van der Waals surface area (Å²) < 4.78 is 33.5. The number of fused-ring (bicyclic) bond motifs is 2. The Hall–Kier alpha value is -1.66. The molecule has 12 heteroatoms. The average Bonchev–Trinajstić information content (AvgIpc) is 3.78. The summed E-state index contributed by atoms with van der Waals surface area (Å²) in [7, 11) is -4.33. The molecule has 0 aromatic carbocycles. The van der Waals surface area contributed by atoms with Crippen molar-refractivity contribution < 1.29 is 47.7 Å². The van der Waals surface area contributed by atoms with Gasteiger partial charge in [-0.1, -0.05) is 120 Å². The number of ether oxygens (including phenoxy) is 2. The van der Waals surface area contributed by atoms with Crippen LogP contribution in [0.3, 0.4) is 0 Å². The molecule has 1 saturated carbocycles. The molecule has 2 rings (SSSR count). The average molecular weight is 798 g/mol. The third-order valence-corrected chi connectivity index (χ3v) is 11.0. The van der Waals surface area contributed by atoms with Crippen molar-refractivity contribution in [2.24, 2.45) is 17.6 Å². The van der Waals surface area contributed by atoms with Gasteiger partial charge >= 0.3 is 13.8 Å². The molecular formula is C43H76NO10P. The molecule has 1 aliphatic carbocycles. The van der Waals surface area contributed by atoms with E-state index in [2.05, 4.69) is 50.3 Å². The molecule has 0 aromatic heterocycles. The quantitative estimate of drug-likeness (QED) is 0.0182. The van der Waals surface area contributed by atoms with Gasteiger partial charge in [0.05, 0.1) is 32.0 Å². The number of hydrogen-bond donors (Lipinski definition) is 3. The number of aliphatic hydroxyl groups is 1.